The van der Waals surface area contributed by atoms with Crippen LogP contribution in [0.1, 0.15) is 43.1 Å². The summed E-state index contributed by atoms with van der Waals surface area (Å²) in [7, 11) is 0. The van der Waals surface area contributed by atoms with Crippen LogP contribution in [0.25, 0.3) is 10.9 Å². The average molecular weight is 645 g/mol. The number of pyridine rings is 1. The first-order valence-electron chi connectivity index (χ1n) is 14.2. The Bertz CT molecular complexity index is 1590. The SMILES string of the molecule is C[C@@H](O)[C@H]1C(=O)N2C(C(=O)[O-])=C(SCCN3CCN(c4cc5c(cc4F)c(=O)c(C(=O)[O-])cn5C4CC4)CC3)[C@H](C)[C@H]12.[Na+].[Na+]. The molecule has 0 unspecified atom stereocenters. The number of piperazine rings is 1. The predicted octanol–water partition coefficient (Wildman–Crippen LogP) is -6.48. The number of aromatic nitrogens is 1. The van der Waals surface area contributed by atoms with Crippen LogP contribution in [0.4, 0.5) is 10.1 Å². The molecule has 0 spiro atoms. The first-order valence-corrected chi connectivity index (χ1v) is 15.1. The van der Waals surface area contributed by atoms with Crippen molar-refractivity contribution < 1.29 is 93.2 Å². The minimum Gasteiger partial charge on any atom is -0.545 e. The average Bonchev–Trinajstić information content (AvgIpc) is 3.74. The Kier molecular flexibility index (Phi) is 11.1. The summed E-state index contributed by atoms with van der Waals surface area (Å²) in [4.78, 5) is 54.6. The van der Waals surface area contributed by atoms with Gasteiger partial charge in [-0.3, -0.25) is 14.5 Å². The summed E-state index contributed by atoms with van der Waals surface area (Å²) >= 11 is 1.39. The number of fused-ring (bicyclic) bond motifs is 2. The van der Waals surface area contributed by atoms with Gasteiger partial charge in [0.15, 0.2) is 5.43 Å². The molecular formula is C29H31FN4Na2O7S. The summed E-state index contributed by atoms with van der Waals surface area (Å²) in [6, 6.07) is 2.45. The largest absolute Gasteiger partial charge is 1.00 e. The molecule has 4 heterocycles. The van der Waals surface area contributed by atoms with Crippen molar-refractivity contribution in [1.29, 1.82) is 0 Å². The topological polar surface area (TPSA) is 149 Å². The second-order valence-electron chi connectivity index (χ2n) is 11.5. The molecule has 4 atom stereocenters. The molecule has 2 saturated heterocycles. The first kappa shape index (κ1) is 35.4. The van der Waals surface area contributed by atoms with Gasteiger partial charge in [-0.1, -0.05) is 6.92 Å². The number of aliphatic carboxylic acids is 1. The van der Waals surface area contributed by atoms with E-state index in [-0.39, 0.29) is 94.1 Å². The van der Waals surface area contributed by atoms with E-state index in [1.807, 2.05) is 11.8 Å². The number of aromatic carboxylic acids is 1. The van der Waals surface area contributed by atoms with E-state index in [1.165, 1.54) is 22.9 Å². The number of aliphatic hydroxyl groups is 1. The normalized spacial score (nSPS) is 24.0. The Morgan fingerprint density at radius 1 is 1.09 bits per heavy atom. The summed E-state index contributed by atoms with van der Waals surface area (Å²) < 4.78 is 17.0. The number of hydrogen-bond donors (Lipinski definition) is 1. The van der Waals surface area contributed by atoms with Gasteiger partial charge in [0.1, 0.15) is 5.82 Å². The number of anilines is 1. The van der Waals surface area contributed by atoms with E-state index in [0.29, 0.717) is 54.6 Å². The van der Waals surface area contributed by atoms with Crippen molar-refractivity contribution in [3.8, 4) is 0 Å². The quantitative estimate of drug-likeness (QED) is 0.206. The van der Waals surface area contributed by atoms with Crippen molar-refractivity contribution in [3.05, 3.63) is 50.5 Å². The Hall–Kier alpha value is -1.42. The number of nitrogens with zero attached hydrogens (tertiary/aromatic N) is 4. The number of amides is 1. The maximum Gasteiger partial charge on any atom is 1.00 e. The number of rotatable bonds is 9. The molecule has 1 N–H and O–H groups in total. The molecule has 1 aliphatic carbocycles. The van der Waals surface area contributed by atoms with Crippen molar-refractivity contribution in [3.63, 3.8) is 0 Å². The zero-order chi connectivity index (χ0) is 30.0. The predicted molar refractivity (Wildman–Crippen MR) is 149 cm³/mol. The molecule has 0 radical (unpaired) electrons. The summed E-state index contributed by atoms with van der Waals surface area (Å²) in [5.74, 6) is -4.20. The van der Waals surface area contributed by atoms with Crippen LogP contribution in [0.3, 0.4) is 0 Å². The van der Waals surface area contributed by atoms with Crippen LogP contribution in [-0.4, -0.2) is 87.9 Å². The maximum absolute atomic E-state index is 15.3. The number of carbonyl (C=O) groups is 3. The monoisotopic (exact) mass is 644 g/mol. The van der Waals surface area contributed by atoms with E-state index in [0.717, 1.165) is 18.9 Å². The number of carboxylic acids is 2. The molecule has 44 heavy (non-hydrogen) atoms. The molecule has 224 valence electrons. The Labute approximate surface area is 302 Å². The van der Waals surface area contributed by atoms with Gasteiger partial charge in [-0.2, -0.15) is 0 Å². The Morgan fingerprint density at radius 3 is 2.32 bits per heavy atom. The fraction of sp³-hybridized carbons (Fsp3) is 0.517. The number of halogens is 1. The summed E-state index contributed by atoms with van der Waals surface area (Å²) in [5, 5.41) is 33.4. The molecule has 1 saturated carbocycles. The molecule has 15 heteroatoms. The molecule has 3 fully saturated rings. The standard InChI is InChI=1S/C29H33FN4O7S.2Na/c1-14-23-22(15(2)35)27(37)34(23)24(29(40)41)26(14)42-10-9-31-5-7-32(8-6-31)21-12-20-17(11-19(21)30)25(36)18(28(38)39)13-33(20)16-3-4-16;;/h11-16,22-23,35H,3-10H2,1-2H3,(H,38,39)(H,40,41);;/q;2*+1/p-2/t14-,15-,22-,23-;;/m1../s1. The molecule has 4 aliphatic rings. The summed E-state index contributed by atoms with van der Waals surface area (Å²) in [6.45, 7) is 6.40. The molecule has 1 amide bonds. The third kappa shape index (κ3) is 6.16. The Balaban J connectivity index is 0.00000221. The van der Waals surface area contributed by atoms with Crippen LogP contribution in [0.15, 0.2) is 33.7 Å². The van der Waals surface area contributed by atoms with Crippen LogP contribution in [0, 0.1) is 17.7 Å². The molecule has 2 aromatic rings. The van der Waals surface area contributed by atoms with Gasteiger partial charge in [-0.05, 0) is 31.9 Å². The smallest absolute Gasteiger partial charge is 0.545 e. The van der Waals surface area contributed by atoms with Crippen LogP contribution in [-0.2, 0) is 9.59 Å². The van der Waals surface area contributed by atoms with Gasteiger partial charge in [-0.25, -0.2) is 4.39 Å². The molecular weight excluding hydrogens is 613 g/mol. The maximum atomic E-state index is 15.3. The fourth-order valence-electron chi connectivity index (χ4n) is 6.60. The van der Waals surface area contributed by atoms with Crippen LogP contribution in [0.5, 0.6) is 0 Å². The Morgan fingerprint density at radius 2 is 1.75 bits per heavy atom. The van der Waals surface area contributed by atoms with Crippen molar-refractivity contribution >= 4 is 46.2 Å². The van der Waals surface area contributed by atoms with Gasteiger partial charge in [0, 0.05) is 66.9 Å². The van der Waals surface area contributed by atoms with Crippen molar-refractivity contribution in [2.24, 2.45) is 11.8 Å². The van der Waals surface area contributed by atoms with Crippen molar-refractivity contribution in [2.45, 2.75) is 44.9 Å². The number of β-lactam (4-membered cyclic amide) rings is 1. The minimum atomic E-state index is -1.58. The second-order valence-corrected chi connectivity index (χ2v) is 12.7. The molecule has 0 bridgehead atoms. The van der Waals surface area contributed by atoms with E-state index in [2.05, 4.69) is 4.90 Å². The van der Waals surface area contributed by atoms with Gasteiger partial charge in [0.25, 0.3) is 0 Å². The number of hydrogen-bond acceptors (Lipinski definition) is 10. The van der Waals surface area contributed by atoms with Gasteiger partial charge in [0.05, 0.1) is 52.5 Å². The minimum absolute atomic E-state index is 0. The molecule has 11 nitrogen and oxygen atoms in total. The summed E-state index contributed by atoms with van der Waals surface area (Å²) in [5.41, 5.74) is -0.448. The van der Waals surface area contributed by atoms with Gasteiger partial charge in [-0.15, -0.1) is 11.8 Å². The fourth-order valence-corrected chi connectivity index (χ4v) is 7.89. The van der Waals surface area contributed by atoms with Crippen LogP contribution >= 0.6 is 11.8 Å². The third-order valence-electron chi connectivity index (χ3n) is 8.94. The van der Waals surface area contributed by atoms with E-state index < -0.39 is 40.8 Å². The number of carboxylic acid groups (broad SMARTS) is 2. The second kappa shape index (κ2) is 13.7. The number of aliphatic hydroxyl groups excluding tert-OH is 1. The van der Waals surface area contributed by atoms with E-state index in [4.69, 9.17) is 0 Å². The van der Waals surface area contributed by atoms with Crippen molar-refractivity contribution in [1.82, 2.24) is 14.4 Å². The number of carbonyl (C=O) groups excluding carboxylic acids is 3. The van der Waals surface area contributed by atoms with E-state index >= 15 is 4.39 Å². The zero-order valence-corrected chi connectivity index (χ0v) is 30.1. The van der Waals surface area contributed by atoms with Gasteiger partial charge < -0.3 is 39.3 Å². The van der Waals surface area contributed by atoms with Gasteiger partial charge in [0.2, 0.25) is 5.91 Å². The molecule has 3 aliphatic heterocycles. The van der Waals surface area contributed by atoms with Crippen molar-refractivity contribution in [2.75, 3.05) is 43.4 Å². The number of benzene rings is 1. The number of thioether (sulfide) groups is 1. The molecule has 1 aromatic carbocycles. The van der Waals surface area contributed by atoms with E-state index in [1.54, 1.807) is 17.6 Å². The van der Waals surface area contributed by atoms with Crippen LogP contribution < -0.4 is 79.7 Å². The zero-order valence-electron chi connectivity index (χ0n) is 25.2. The van der Waals surface area contributed by atoms with Crippen LogP contribution in [0.2, 0.25) is 0 Å². The summed E-state index contributed by atoms with van der Waals surface area (Å²) in [6.07, 6.45) is 2.15. The molecule has 1 aromatic heterocycles. The first-order chi connectivity index (χ1) is 20.0. The van der Waals surface area contributed by atoms with E-state index in [9.17, 15) is 34.5 Å². The van der Waals surface area contributed by atoms with Gasteiger partial charge >= 0.3 is 59.1 Å². The third-order valence-corrected chi connectivity index (χ3v) is 10.2. The molecule has 6 rings (SSSR count).